The van der Waals surface area contributed by atoms with Gasteiger partial charge in [-0.25, -0.2) is 0 Å². The summed E-state index contributed by atoms with van der Waals surface area (Å²) in [5.41, 5.74) is 1.58. The van der Waals surface area contributed by atoms with Gasteiger partial charge in [0.1, 0.15) is 0 Å². The molecule has 2 saturated heterocycles. The van der Waals surface area contributed by atoms with Gasteiger partial charge in [-0.3, -0.25) is 0 Å². The van der Waals surface area contributed by atoms with E-state index in [0.29, 0.717) is 6.04 Å². The Morgan fingerprint density at radius 2 is 1.88 bits per heavy atom. The summed E-state index contributed by atoms with van der Waals surface area (Å²) in [5, 5.41) is 0. The third-order valence-electron chi connectivity index (χ3n) is 4.39. The first-order valence-electron chi connectivity index (χ1n) is 6.67. The molecule has 0 amide bonds. The normalized spacial score (nSPS) is 30.4. The van der Waals surface area contributed by atoms with E-state index < -0.39 is 0 Å². The number of hydrogen-bond acceptors (Lipinski definition) is 1. The summed E-state index contributed by atoms with van der Waals surface area (Å²) >= 11 is 2.26. The van der Waals surface area contributed by atoms with Gasteiger partial charge >= 0.3 is 107 Å². The second-order valence-electron chi connectivity index (χ2n) is 5.34. The fraction of sp³-hybridized carbons (Fsp3) is 0.571. The van der Waals surface area contributed by atoms with Crippen LogP contribution in [-0.2, 0) is 0 Å². The molecule has 16 heavy (non-hydrogen) atoms. The van der Waals surface area contributed by atoms with Crippen LogP contribution >= 0.6 is 0 Å². The number of benzene rings is 1. The molecule has 2 fully saturated rings. The van der Waals surface area contributed by atoms with Gasteiger partial charge in [-0.15, -0.1) is 0 Å². The summed E-state index contributed by atoms with van der Waals surface area (Å²) in [6.07, 6.45) is 7.05. The number of piperidine rings is 1. The van der Waals surface area contributed by atoms with E-state index in [1.807, 2.05) is 0 Å². The Kier molecular flexibility index (Phi) is 3.11. The van der Waals surface area contributed by atoms with Crippen molar-refractivity contribution in [2.75, 3.05) is 6.54 Å². The van der Waals surface area contributed by atoms with Crippen molar-refractivity contribution in [2.24, 2.45) is 0 Å². The van der Waals surface area contributed by atoms with Gasteiger partial charge in [-0.2, -0.15) is 0 Å². The van der Waals surface area contributed by atoms with E-state index in [9.17, 15) is 0 Å². The van der Waals surface area contributed by atoms with Crippen LogP contribution in [0.1, 0.15) is 43.7 Å². The van der Waals surface area contributed by atoms with Crippen molar-refractivity contribution in [3.05, 3.63) is 29.8 Å². The quantitative estimate of drug-likeness (QED) is 0.638. The first-order valence-corrected chi connectivity index (χ1v) is 6.67. The predicted octanol–water partition coefficient (Wildman–Crippen LogP) is 2.17. The summed E-state index contributed by atoms with van der Waals surface area (Å²) < 4.78 is 1.47. The first kappa shape index (κ1) is 10.9. The molecule has 1 aromatic carbocycles. The van der Waals surface area contributed by atoms with Gasteiger partial charge in [-0.1, -0.05) is 0 Å². The van der Waals surface area contributed by atoms with Crippen molar-refractivity contribution < 1.29 is 0 Å². The van der Waals surface area contributed by atoms with Crippen LogP contribution in [0.15, 0.2) is 24.3 Å². The molecule has 1 aromatic rings. The molecule has 80 valence electrons. The molecule has 0 bridgehead atoms. The molecule has 2 unspecified atom stereocenters. The Balaban J connectivity index is 1.91. The van der Waals surface area contributed by atoms with Crippen molar-refractivity contribution in [1.82, 2.24) is 4.90 Å². The first-order chi connectivity index (χ1) is 7.86. The Morgan fingerprint density at radius 1 is 1.06 bits per heavy atom. The molecule has 0 radical (unpaired) electrons. The van der Waals surface area contributed by atoms with Crippen LogP contribution in [0.5, 0.6) is 0 Å². The van der Waals surface area contributed by atoms with Crippen molar-refractivity contribution in [1.29, 1.82) is 0 Å². The minimum absolute atomic E-state index is 0.711. The zero-order chi connectivity index (χ0) is 11.0. The molecule has 0 aliphatic carbocycles. The average Bonchev–Trinajstić information content (AvgIpc) is 2.77. The predicted molar refractivity (Wildman–Crippen MR) is 68.2 cm³/mol. The monoisotopic (exact) mass is 207 g/mol. The van der Waals surface area contributed by atoms with Crippen LogP contribution in [0.3, 0.4) is 0 Å². The fourth-order valence-corrected chi connectivity index (χ4v) is 3.59. The third kappa shape index (κ3) is 1.86. The number of hydrogen-bond donors (Lipinski definition) is 0. The van der Waals surface area contributed by atoms with Gasteiger partial charge in [-0.05, 0) is 0 Å². The van der Waals surface area contributed by atoms with Crippen molar-refractivity contribution in [3.63, 3.8) is 0 Å². The average molecular weight is 207 g/mol. The molecule has 2 heterocycles. The van der Waals surface area contributed by atoms with Crippen LogP contribution in [0.25, 0.3) is 0 Å². The molecule has 1 nitrogen and oxygen atoms in total. The van der Waals surface area contributed by atoms with E-state index in [-0.39, 0.29) is 0 Å². The van der Waals surface area contributed by atoms with Crippen molar-refractivity contribution >= 4 is 22.0 Å². The van der Waals surface area contributed by atoms with Crippen LogP contribution < -0.4 is 4.24 Å². The van der Waals surface area contributed by atoms with E-state index in [1.165, 1.54) is 42.9 Å². The van der Waals surface area contributed by atoms with E-state index in [1.54, 1.807) is 5.56 Å². The van der Waals surface area contributed by atoms with Crippen LogP contribution in [-0.4, -0.2) is 35.2 Å². The van der Waals surface area contributed by atoms with Crippen LogP contribution in [0.2, 0.25) is 0 Å². The molecule has 3 rings (SSSR count). The van der Waals surface area contributed by atoms with E-state index in [0.717, 1.165) is 6.04 Å². The molecule has 2 atom stereocenters. The van der Waals surface area contributed by atoms with E-state index >= 15 is 0 Å². The molecular weight excluding hydrogens is 189 g/mol. The van der Waals surface area contributed by atoms with Gasteiger partial charge in [0.15, 0.2) is 0 Å². The number of nitrogens with zero attached hydrogens (tertiary/aromatic N) is 1. The second-order valence-corrected chi connectivity index (χ2v) is 5.34. The van der Waals surface area contributed by atoms with Gasteiger partial charge in [0.2, 0.25) is 0 Å². The van der Waals surface area contributed by atoms with Crippen LogP contribution in [0, 0.1) is 0 Å². The Bertz CT molecular complexity index is 377. The van der Waals surface area contributed by atoms with Gasteiger partial charge in [0.25, 0.3) is 0 Å². The van der Waals surface area contributed by atoms with E-state index in [4.69, 9.17) is 0 Å². The number of rotatable bonds is 1. The van der Waals surface area contributed by atoms with E-state index in [2.05, 4.69) is 46.9 Å². The molecule has 0 aromatic heterocycles. The second kappa shape index (κ2) is 4.57. The third-order valence-corrected chi connectivity index (χ3v) is 4.39. The molecule has 0 spiro atoms. The summed E-state index contributed by atoms with van der Waals surface area (Å²) in [4.78, 5) is 2.77. The maximum absolute atomic E-state index is 2.77. The molecule has 2 heteroatoms. The Hall–Kier alpha value is -0.223. The molecule has 0 N–H and O–H groups in total. The summed E-state index contributed by atoms with van der Waals surface area (Å²) in [6.45, 7) is 1.32. The summed E-state index contributed by atoms with van der Waals surface area (Å²) in [7, 11) is 0. The topological polar surface area (TPSA) is 3.24 Å². The SMILES string of the molecule is [Li][c]1ccccc1C1CCCC2CCCN21. The standard InChI is InChI=1S/C14H18N.Li/c1-2-6-12(7-3-1)14-10-4-8-13-9-5-11-15(13)14;/h1-3,6,13-14H,4-5,8-11H2;. The van der Waals surface area contributed by atoms with Crippen LogP contribution in [0.4, 0.5) is 0 Å². The summed E-state index contributed by atoms with van der Waals surface area (Å²) in [6, 6.07) is 10.5. The molecular formula is C14H18LiN. The summed E-state index contributed by atoms with van der Waals surface area (Å²) in [5.74, 6) is 0. The molecule has 0 saturated carbocycles. The molecule has 2 aliphatic rings. The zero-order valence-corrected chi connectivity index (χ0v) is 10.2. The fourth-order valence-electron chi connectivity index (χ4n) is 3.59. The van der Waals surface area contributed by atoms with Gasteiger partial charge in [0.05, 0.1) is 0 Å². The Morgan fingerprint density at radius 3 is 2.75 bits per heavy atom. The number of fused-ring (bicyclic) bond motifs is 1. The molecule has 2 aliphatic heterocycles. The van der Waals surface area contributed by atoms with Crippen molar-refractivity contribution in [2.45, 2.75) is 44.2 Å². The Labute approximate surface area is 107 Å². The van der Waals surface area contributed by atoms with Gasteiger partial charge < -0.3 is 0 Å². The zero-order valence-electron chi connectivity index (χ0n) is 10.2. The maximum atomic E-state index is 2.77. The van der Waals surface area contributed by atoms with Crippen molar-refractivity contribution in [3.8, 4) is 0 Å². The van der Waals surface area contributed by atoms with Gasteiger partial charge in [0, 0.05) is 0 Å². The minimum atomic E-state index is 0.711.